The van der Waals surface area contributed by atoms with Crippen LogP contribution in [0.25, 0.3) is 0 Å². The summed E-state index contributed by atoms with van der Waals surface area (Å²) in [6, 6.07) is 2.22. The van der Waals surface area contributed by atoms with Crippen molar-refractivity contribution in [3.63, 3.8) is 0 Å². The van der Waals surface area contributed by atoms with Crippen molar-refractivity contribution in [1.29, 1.82) is 5.26 Å². The van der Waals surface area contributed by atoms with Gasteiger partial charge in [-0.25, -0.2) is 5.01 Å². The first kappa shape index (κ1) is 14.8. The highest BCUT2D eigenvalue weighted by molar-refractivity contribution is 7.42. The lowest BCUT2D eigenvalue weighted by Crippen LogP contribution is -2.53. The molecule has 0 saturated heterocycles. The van der Waals surface area contributed by atoms with E-state index in [1.807, 2.05) is 27.7 Å². The molecule has 0 aromatic rings. The zero-order chi connectivity index (χ0) is 12.1. The molecule has 0 aliphatic carbocycles. The first-order valence-corrected chi connectivity index (χ1v) is 6.16. The Morgan fingerprint density at radius 3 is 2.33 bits per heavy atom. The number of nitrogens with zero attached hydrogens (tertiary/aromatic N) is 2. The number of hydrogen-bond donors (Lipinski definition) is 3. The van der Waals surface area contributed by atoms with Gasteiger partial charge in [0.05, 0.1) is 6.07 Å². The first-order valence-electron chi connectivity index (χ1n) is 4.91. The van der Waals surface area contributed by atoms with Crippen molar-refractivity contribution in [2.24, 2.45) is 0 Å². The van der Waals surface area contributed by atoms with Crippen LogP contribution in [0.3, 0.4) is 0 Å². The van der Waals surface area contributed by atoms with E-state index < -0.39 is 8.53 Å². The highest BCUT2D eigenvalue weighted by Crippen LogP contribution is 2.27. The number of nitriles is 1. The molecule has 0 aromatic heterocycles. The normalized spacial score (nSPS) is 12.5. The summed E-state index contributed by atoms with van der Waals surface area (Å²) < 4.78 is 0. The van der Waals surface area contributed by atoms with E-state index in [2.05, 4.69) is 11.3 Å². The van der Waals surface area contributed by atoms with Gasteiger partial charge in [-0.2, -0.15) is 10.5 Å². The van der Waals surface area contributed by atoms with Crippen LogP contribution in [0.2, 0.25) is 0 Å². The predicted octanol–water partition coefficient (Wildman–Crippen LogP) is 1.50. The van der Waals surface area contributed by atoms with E-state index in [0.29, 0.717) is 12.8 Å². The zero-order valence-corrected chi connectivity index (χ0v) is 10.6. The molecular weight excluding hydrogens is 213 g/mol. The Morgan fingerprint density at radius 2 is 2.00 bits per heavy atom. The predicted molar refractivity (Wildman–Crippen MR) is 60.4 cm³/mol. The molecule has 0 spiro atoms. The number of nitrogens with one attached hydrogen (secondary N) is 1. The van der Waals surface area contributed by atoms with E-state index in [1.165, 1.54) is 0 Å². The van der Waals surface area contributed by atoms with Crippen LogP contribution in [0.15, 0.2) is 0 Å². The molecule has 0 aromatic carbocycles. The third kappa shape index (κ3) is 5.41. The fourth-order valence-corrected chi connectivity index (χ4v) is 2.22. The van der Waals surface area contributed by atoms with E-state index in [-0.39, 0.29) is 11.6 Å². The molecule has 0 atom stereocenters. The topological polar surface area (TPSA) is 79.5 Å². The Bertz CT molecular complexity index is 226. The summed E-state index contributed by atoms with van der Waals surface area (Å²) in [7, 11) is -2.16. The minimum Gasteiger partial charge on any atom is -0.337 e. The molecule has 0 unspecified atom stereocenters. The smallest absolute Gasteiger partial charge is 0.265 e. The van der Waals surface area contributed by atoms with Gasteiger partial charge in [-0.3, -0.25) is 0 Å². The number of hydrogen-bond acceptors (Lipinski definition) is 5. The Labute approximate surface area is 92.6 Å². The van der Waals surface area contributed by atoms with Crippen molar-refractivity contribution in [2.75, 3.05) is 0 Å². The van der Waals surface area contributed by atoms with E-state index in [0.717, 1.165) is 0 Å². The maximum absolute atomic E-state index is 8.96. The lowest BCUT2D eigenvalue weighted by Gasteiger charge is -2.41. The molecule has 0 radical (unpaired) electrons. The Morgan fingerprint density at radius 1 is 1.47 bits per heavy atom. The molecule has 15 heavy (non-hydrogen) atoms. The third-order valence-corrected chi connectivity index (χ3v) is 2.61. The second-order valence-corrected chi connectivity index (χ2v) is 5.10. The van der Waals surface area contributed by atoms with Crippen LogP contribution >= 0.6 is 8.53 Å². The Kier molecular flexibility index (Phi) is 6.26. The van der Waals surface area contributed by atoms with Gasteiger partial charge in [-0.15, -0.1) is 0 Å². The summed E-state index contributed by atoms with van der Waals surface area (Å²) >= 11 is 0. The summed E-state index contributed by atoms with van der Waals surface area (Å²) in [5, 5.41) is 13.0. The summed E-state index contributed by atoms with van der Waals surface area (Å²) in [5.74, 6) is 0. The number of rotatable bonds is 6. The largest absolute Gasteiger partial charge is 0.337 e. The van der Waals surface area contributed by atoms with Gasteiger partial charge in [-0.05, 0) is 34.1 Å². The van der Waals surface area contributed by atoms with Crippen LogP contribution in [-0.2, 0) is 0 Å². The van der Waals surface area contributed by atoms with Gasteiger partial charge in [0.2, 0.25) is 0 Å². The standard InChI is InChI=1S/C9H20N3O2P/c1-8(2)12(11-15(13)14)9(3,4)6-5-7-10/h8,11,13-14H,5-6H2,1-4H3. The van der Waals surface area contributed by atoms with Gasteiger partial charge in [0.15, 0.2) is 0 Å². The zero-order valence-electron chi connectivity index (χ0n) is 9.73. The van der Waals surface area contributed by atoms with Crippen molar-refractivity contribution in [2.45, 2.75) is 52.1 Å². The third-order valence-electron chi connectivity index (χ3n) is 2.21. The molecule has 0 aliphatic rings. The monoisotopic (exact) mass is 233 g/mol. The van der Waals surface area contributed by atoms with Crippen LogP contribution in [0.5, 0.6) is 0 Å². The van der Waals surface area contributed by atoms with Crippen LogP contribution in [0.1, 0.15) is 40.5 Å². The van der Waals surface area contributed by atoms with E-state index >= 15 is 0 Å². The molecular formula is C9H20N3O2P. The maximum atomic E-state index is 8.96. The molecule has 0 bridgehead atoms. The van der Waals surface area contributed by atoms with E-state index in [1.54, 1.807) is 5.01 Å². The van der Waals surface area contributed by atoms with Crippen LogP contribution < -0.4 is 5.20 Å². The summed E-state index contributed by atoms with van der Waals surface area (Å²) in [6.07, 6.45) is 1.13. The number of hydrazine groups is 1. The van der Waals surface area contributed by atoms with E-state index in [9.17, 15) is 0 Å². The van der Waals surface area contributed by atoms with Crippen molar-refractivity contribution < 1.29 is 9.79 Å². The molecule has 3 N–H and O–H groups in total. The summed E-state index contributed by atoms with van der Waals surface area (Å²) in [4.78, 5) is 17.9. The average Bonchev–Trinajstić information content (AvgIpc) is 2.10. The van der Waals surface area contributed by atoms with E-state index in [4.69, 9.17) is 15.0 Å². The Balaban J connectivity index is 4.52. The van der Waals surface area contributed by atoms with Crippen LogP contribution in [0, 0.1) is 11.3 Å². The van der Waals surface area contributed by atoms with Gasteiger partial charge >= 0.3 is 0 Å². The molecule has 5 nitrogen and oxygen atoms in total. The molecule has 0 heterocycles. The highest BCUT2D eigenvalue weighted by atomic mass is 31.2. The molecule has 88 valence electrons. The summed E-state index contributed by atoms with van der Waals surface area (Å²) in [6.45, 7) is 7.85. The maximum Gasteiger partial charge on any atom is 0.265 e. The van der Waals surface area contributed by atoms with Crippen LogP contribution in [-0.4, -0.2) is 26.4 Å². The minimum atomic E-state index is -2.16. The fourth-order valence-electron chi connectivity index (χ4n) is 1.53. The van der Waals surface area contributed by atoms with Crippen molar-refractivity contribution in [1.82, 2.24) is 10.2 Å². The Hall–Kier alpha value is -0.240. The van der Waals surface area contributed by atoms with Crippen molar-refractivity contribution >= 4 is 8.53 Å². The molecule has 6 heteroatoms. The van der Waals surface area contributed by atoms with Gasteiger partial charge in [-0.1, -0.05) is 0 Å². The van der Waals surface area contributed by atoms with Crippen LogP contribution in [0.4, 0.5) is 0 Å². The van der Waals surface area contributed by atoms with Gasteiger partial charge in [0.1, 0.15) is 0 Å². The van der Waals surface area contributed by atoms with Gasteiger partial charge < -0.3 is 9.79 Å². The highest BCUT2D eigenvalue weighted by Gasteiger charge is 2.29. The first-order chi connectivity index (χ1) is 6.81. The molecule has 0 saturated carbocycles. The fraction of sp³-hybridized carbons (Fsp3) is 0.889. The second-order valence-electron chi connectivity index (χ2n) is 4.32. The SMILES string of the molecule is CC(C)N(NP(O)O)C(C)(C)CCC#N. The quantitative estimate of drug-likeness (QED) is 0.478. The average molecular weight is 233 g/mol. The van der Waals surface area contributed by atoms with Gasteiger partial charge in [0, 0.05) is 18.0 Å². The van der Waals surface area contributed by atoms with Gasteiger partial charge in [0.25, 0.3) is 8.53 Å². The lowest BCUT2D eigenvalue weighted by molar-refractivity contribution is 0.0477. The van der Waals surface area contributed by atoms with Crippen molar-refractivity contribution in [3.8, 4) is 6.07 Å². The minimum absolute atomic E-state index is 0.128. The summed E-state index contributed by atoms with van der Waals surface area (Å²) in [5.41, 5.74) is -0.282. The molecule has 0 fully saturated rings. The van der Waals surface area contributed by atoms with Crippen molar-refractivity contribution in [3.05, 3.63) is 0 Å². The second kappa shape index (κ2) is 6.37. The molecule has 0 rings (SSSR count). The molecule has 0 amide bonds. The molecule has 0 aliphatic heterocycles. The lowest BCUT2D eigenvalue weighted by atomic mass is 9.97.